The predicted octanol–water partition coefficient (Wildman–Crippen LogP) is 2.52. The second kappa shape index (κ2) is 3.83. The van der Waals surface area contributed by atoms with Gasteiger partial charge in [0.1, 0.15) is 11.9 Å². The number of nitrogen functional groups attached to an aromatic ring is 1. The third kappa shape index (κ3) is 2.04. The van der Waals surface area contributed by atoms with E-state index in [0.717, 1.165) is 12.1 Å². The zero-order chi connectivity index (χ0) is 10.7. The Labute approximate surface area is 78.1 Å². The molecule has 0 aliphatic carbocycles. The zero-order valence-electron chi connectivity index (χ0n) is 6.89. The van der Waals surface area contributed by atoms with Crippen LogP contribution in [0.25, 0.3) is 6.08 Å². The molecule has 0 spiro atoms. The molecule has 0 aromatic heterocycles. The van der Waals surface area contributed by atoms with Crippen molar-refractivity contribution in [1.82, 2.24) is 0 Å². The van der Waals surface area contributed by atoms with E-state index in [1.165, 1.54) is 0 Å². The third-order valence-corrected chi connectivity index (χ3v) is 1.56. The third-order valence-electron chi connectivity index (χ3n) is 1.56. The van der Waals surface area contributed by atoms with Crippen molar-refractivity contribution in [2.24, 2.45) is 0 Å². The fourth-order valence-corrected chi connectivity index (χ4v) is 0.969. The van der Waals surface area contributed by atoms with Crippen LogP contribution in [0.1, 0.15) is 11.1 Å². The molecule has 5 heteroatoms. The Balaban J connectivity index is 3.38. The average molecular weight is 198 g/mol. The highest BCUT2D eigenvalue weighted by atomic mass is 19.3. The summed E-state index contributed by atoms with van der Waals surface area (Å²) in [6, 6.07) is 3.34. The molecule has 0 radical (unpaired) electrons. The largest absolute Gasteiger partial charge is 0.397 e. The van der Waals surface area contributed by atoms with Crippen molar-refractivity contribution < 1.29 is 13.2 Å². The number of nitrogens with zero attached hydrogens (tertiary/aromatic N) is 1. The lowest BCUT2D eigenvalue weighted by atomic mass is 10.1. The number of benzene rings is 1. The summed E-state index contributed by atoms with van der Waals surface area (Å²) in [7, 11) is 0. The standard InChI is InChI=1S/C9H5F3N2/c10-7-1-5(3-8(11)12)9(14)6(2-7)4-13/h1-3H,14H2. The molecule has 0 atom stereocenters. The number of anilines is 1. The molecule has 14 heavy (non-hydrogen) atoms. The van der Waals surface area contributed by atoms with Crippen LogP contribution in [-0.2, 0) is 0 Å². The Hall–Kier alpha value is -1.96. The minimum atomic E-state index is -1.99. The lowest BCUT2D eigenvalue weighted by Gasteiger charge is -2.02. The molecular formula is C9H5F3N2. The second-order valence-corrected chi connectivity index (χ2v) is 2.50. The summed E-state index contributed by atoms with van der Waals surface area (Å²) in [5.41, 5.74) is 4.84. The topological polar surface area (TPSA) is 49.8 Å². The van der Waals surface area contributed by atoms with Gasteiger partial charge >= 0.3 is 0 Å². The van der Waals surface area contributed by atoms with Gasteiger partial charge in [0.2, 0.25) is 0 Å². The van der Waals surface area contributed by atoms with Crippen LogP contribution in [0.2, 0.25) is 0 Å². The SMILES string of the molecule is N#Cc1cc(F)cc(C=C(F)F)c1N. The molecule has 0 saturated heterocycles. The second-order valence-electron chi connectivity index (χ2n) is 2.50. The number of nitriles is 1. The van der Waals surface area contributed by atoms with E-state index in [9.17, 15) is 13.2 Å². The monoisotopic (exact) mass is 198 g/mol. The van der Waals surface area contributed by atoms with Gasteiger partial charge in [0.25, 0.3) is 6.08 Å². The van der Waals surface area contributed by atoms with Crippen molar-refractivity contribution in [3.05, 3.63) is 35.2 Å². The highest BCUT2D eigenvalue weighted by Crippen LogP contribution is 2.22. The van der Waals surface area contributed by atoms with Crippen molar-refractivity contribution in [2.45, 2.75) is 0 Å². The molecule has 0 saturated carbocycles. The molecule has 0 aliphatic heterocycles. The molecule has 2 N–H and O–H groups in total. The van der Waals surface area contributed by atoms with Gasteiger partial charge in [0, 0.05) is 11.6 Å². The molecule has 1 rings (SSSR count). The van der Waals surface area contributed by atoms with Crippen molar-refractivity contribution in [2.75, 3.05) is 5.73 Å². The maximum absolute atomic E-state index is 12.8. The molecule has 0 heterocycles. The van der Waals surface area contributed by atoms with Gasteiger partial charge in [0.05, 0.1) is 11.3 Å². The first-order valence-corrected chi connectivity index (χ1v) is 3.56. The molecule has 1 aromatic carbocycles. The van der Waals surface area contributed by atoms with E-state index in [-0.39, 0.29) is 16.8 Å². The Kier molecular flexibility index (Phi) is 2.77. The fraction of sp³-hybridized carbons (Fsp3) is 0. The molecule has 0 unspecified atom stereocenters. The maximum atomic E-state index is 12.8. The lowest BCUT2D eigenvalue weighted by molar-refractivity contribution is 0.429. The first kappa shape index (κ1) is 10.1. The van der Waals surface area contributed by atoms with E-state index in [4.69, 9.17) is 11.0 Å². The Morgan fingerprint density at radius 3 is 2.57 bits per heavy atom. The summed E-state index contributed by atoms with van der Waals surface area (Å²) >= 11 is 0. The summed E-state index contributed by atoms with van der Waals surface area (Å²) in [5.74, 6) is -0.775. The molecule has 2 nitrogen and oxygen atoms in total. The Morgan fingerprint density at radius 1 is 1.43 bits per heavy atom. The van der Waals surface area contributed by atoms with Crippen LogP contribution in [0.3, 0.4) is 0 Å². The average Bonchev–Trinajstić information content (AvgIpc) is 2.09. The Morgan fingerprint density at radius 2 is 2.07 bits per heavy atom. The van der Waals surface area contributed by atoms with Crippen LogP contribution in [-0.4, -0.2) is 0 Å². The van der Waals surface area contributed by atoms with Gasteiger partial charge < -0.3 is 5.73 Å². The van der Waals surface area contributed by atoms with Crippen LogP contribution < -0.4 is 5.73 Å². The van der Waals surface area contributed by atoms with Crippen molar-refractivity contribution >= 4 is 11.8 Å². The summed E-state index contributed by atoms with van der Waals surface area (Å²) in [6.07, 6.45) is -1.58. The predicted molar refractivity (Wildman–Crippen MR) is 45.7 cm³/mol. The molecule has 0 amide bonds. The highest BCUT2D eigenvalue weighted by Gasteiger charge is 2.07. The van der Waals surface area contributed by atoms with E-state index in [2.05, 4.69) is 0 Å². The summed E-state index contributed by atoms with van der Waals surface area (Å²) in [4.78, 5) is 0. The van der Waals surface area contributed by atoms with Crippen LogP contribution in [0, 0.1) is 17.1 Å². The molecule has 0 aliphatic rings. The number of hydrogen-bond acceptors (Lipinski definition) is 2. The first-order valence-electron chi connectivity index (χ1n) is 3.56. The van der Waals surface area contributed by atoms with Crippen molar-refractivity contribution in [3.8, 4) is 6.07 Å². The fourth-order valence-electron chi connectivity index (χ4n) is 0.969. The summed E-state index contributed by atoms with van der Waals surface area (Å²) in [6.45, 7) is 0. The maximum Gasteiger partial charge on any atom is 0.270 e. The molecular weight excluding hydrogens is 193 g/mol. The quantitative estimate of drug-likeness (QED) is 0.705. The zero-order valence-corrected chi connectivity index (χ0v) is 6.89. The van der Waals surface area contributed by atoms with Gasteiger partial charge in [0.15, 0.2) is 0 Å². The highest BCUT2D eigenvalue weighted by molar-refractivity contribution is 5.70. The van der Waals surface area contributed by atoms with Crippen LogP contribution in [0.4, 0.5) is 18.9 Å². The van der Waals surface area contributed by atoms with E-state index in [0.29, 0.717) is 6.08 Å². The molecule has 1 aromatic rings. The number of rotatable bonds is 1. The molecule has 0 fully saturated rings. The normalized spacial score (nSPS) is 9.29. The van der Waals surface area contributed by atoms with Crippen molar-refractivity contribution in [1.29, 1.82) is 5.26 Å². The van der Waals surface area contributed by atoms with E-state index >= 15 is 0 Å². The Bertz CT molecular complexity index is 428. The van der Waals surface area contributed by atoms with Gasteiger partial charge in [-0.15, -0.1) is 0 Å². The van der Waals surface area contributed by atoms with Crippen LogP contribution >= 0.6 is 0 Å². The van der Waals surface area contributed by atoms with E-state index in [1.54, 1.807) is 6.07 Å². The van der Waals surface area contributed by atoms with Gasteiger partial charge in [-0.3, -0.25) is 0 Å². The van der Waals surface area contributed by atoms with Crippen LogP contribution in [0.15, 0.2) is 18.2 Å². The van der Waals surface area contributed by atoms with Gasteiger partial charge in [-0.05, 0) is 12.1 Å². The smallest absolute Gasteiger partial charge is 0.270 e. The summed E-state index contributed by atoms with van der Waals surface area (Å²) < 4.78 is 36.5. The van der Waals surface area contributed by atoms with E-state index in [1.807, 2.05) is 0 Å². The lowest BCUT2D eigenvalue weighted by Crippen LogP contribution is -1.95. The number of halogens is 3. The minimum Gasteiger partial charge on any atom is -0.397 e. The number of nitrogens with two attached hydrogens (primary N) is 1. The van der Waals surface area contributed by atoms with Crippen molar-refractivity contribution in [3.63, 3.8) is 0 Å². The minimum absolute atomic E-state index is 0.151. The first-order chi connectivity index (χ1) is 6.54. The molecule has 72 valence electrons. The van der Waals surface area contributed by atoms with E-state index < -0.39 is 11.9 Å². The van der Waals surface area contributed by atoms with Gasteiger partial charge in [-0.25, -0.2) is 4.39 Å². The van der Waals surface area contributed by atoms with Gasteiger partial charge in [-0.2, -0.15) is 14.0 Å². The summed E-state index contributed by atoms with van der Waals surface area (Å²) in [5, 5.41) is 8.50. The van der Waals surface area contributed by atoms with Crippen LogP contribution in [0.5, 0.6) is 0 Å². The molecule has 0 bridgehead atoms. The van der Waals surface area contributed by atoms with Gasteiger partial charge in [-0.1, -0.05) is 0 Å². The number of hydrogen-bond donors (Lipinski definition) is 1.